The van der Waals surface area contributed by atoms with Gasteiger partial charge in [-0.15, -0.1) is 23.1 Å². The number of thioether (sulfide) groups is 1. The predicted molar refractivity (Wildman–Crippen MR) is 71.7 cm³/mol. The summed E-state index contributed by atoms with van der Waals surface area (Å²) in [7, 11) is 0. The normalized spacial score (nSPS) is 10.7. The Morgan fingerprint density at radius 2 is 2.29 bits per heavy atom. The van der Waals surface area contributed by atoms with Gasteiger partial charge in [-0.1, -0.05) is 0 Å². The molecular formula is C10H7IOS2. The first-order valence-electron chi connectivity index (χ1n) is 3.96. The molecule has 0 N–H and O–H groups in total. The van der Waals surface area contributed by atoms with Crippen LogP contribution in [0.1, 0.15) is 10.4 Å². The van der Waals surface area contributed by atoms with Crippen molar-refractivity contribution in [2.24, 2.45) is 0 Å². The fourth-order valence-electron chi connectivity index (χ4n) is 1.35. The summed E-state index contributed by atoms with van der Waals surface area (Å²) in [6, 6.07) is 3.89. The lowest BCUT2D eigenvalue weighted by Gasteiger charge is -1.99. The van der Waals surface area contributed by atoms with E-state index >= 15 is 0 Å². The smallest absolute Gasteiger partial charge is 0.151 e. The summed E-state index contributed by atoms with van der Waals surface area (Å²) in [6.07, 6.45) is 2.99. The van der Waals surface area contributed by atoms with E-state index in [1.807, 2.05) is 12.1 Å². The van der Waals surface area contributed by atoms with E-state index in [2.05, 4.69) is 34.2 Å². The van der Waals surface area contributed by atoms with Crippen molar-refractivity contribution in [1.82, 2.24) is 0 Å². The van der Waals surface area contributed by atoms with Crippen molar-refractivity contribution in [3.8, 4) is 0 Å². The van der Waals surface area contributed by atoms with Gasteiger partial charge >= 0.3 is 0 Å². The highest BCUT2D eigenvalue weighted by atomic mass is 127. The highest BCUT2D eigenvalue weighted by Crippen LogP contribution is 2.36. The molecule has 0 spiro atoms. The number of aldehydes is 1. The second kappa shape index (κ2) is 4.20. The van der Waals surface area contributed by atoms with Crippen LogP contribution in [0.5, 0.6) is 0 Å². The number of carbonyl (C=O) groups excluding carboxylic acids is 1. The van der Waals surface area contributed by atoms with Gasteiger partial charge in [0.05, 0.1) is 0 Å². The van der Waals surface area contributed by atoms with Crippen LogP contribution in [0.4, 0.5) is 0 Å². The van der Waals surface area contributed by atoms with Crippen LogP contribution in [0.2, 0.25) is 0 Å². The van der Waals surface area contributed by atoms with E-state index in [0.717, 1.165) is 16.5 Å². The summed E-state index contributed by atoms with van der Waals surface area (Å²) in [5.41, 5.74) is 0.797. The second-order valence-electron chi connectivity index (χ2n) is 2.76. The minimum atomic E-state index is 0.797. The van der Waals surface area contributed by atoms with Gasteiger partial charge in [-0.05, 0) is 41.0 Å². The van der Waals surface area contributed by atoms with Crippen molar-refractivity contribution in [1.29, 1.82) is 0 Å². The average molecular weight is 334 g/mol. The number of halogens is 1. The average Bonchev–Trinajstić information content (AvgIpc) is 2.63. The lowest BCUT2D eigenvalue weighted by atomic mass is 10.2. The van der Waals surface area contributed by atoms with E-state index in [1.54, 1.807) is 23.1 Å². The molecule has 1 aromatic heterocycles. The van der Waals surface area contributed by atoms with Gasteiger partial charge in [-0.2, -0.15) is 0 Å². The summed E-state index contributed by atoms with van der Waals surface area (Å²) in [5.74, 6) is 0. The third-order valence-corrected chi connectivity index (χ3v) is 4.85. The van der Waals surface area contributed by atoms with Gasteiger partial charge in [-0.25, -0.2) is 0 Å². The molecule has 2 rings (SSSR count). The largest absolute Gasteiger partial charge is 0.298 e. The zero-order valence-electron chi connectivity index (χ0n) is 7.41. The number of hydrogen-bond donors (Lipinski definition) is 0. The Morgan fingerprint density at radius 1 is 1.50 bits per heavy atom. The van der Waals surface area contributed by atoms with Crippen molar-refractivity contribution in [2.75, 3.05) is 6.26 Å². The van der Waals surface area contributed by atoms with Crippen molar-refractivity contribution in [2.45, 2.75) is 4.90 Å². The Balaban J connectivity index is 2.86. The van der Waals surface area contributed by atoms with Gasteiger partial charge in [-0.3, -0.25) is 4.79 Å². The van der Waals surface area contributed by atoms with E-state index in [1.165, 1.54) is 13.9 Å². The highest BCUT2D eigenvalue weighted by molar-refractivity contribution is 14.1. The molecule has 1 heterocycles. The Hall–Kier alpha value is -0.0700. The fourth-order valence-corrected chi connectivity index (χ4v) is 4.39. The van der Waals surface area contributed by atoms with Crippen LogP contribution in [-0.4, -0.2) is 12.5 Å². The molecule has 0 atom stereocenters. The molecule has 1 nitrogen and oxygen atoms in total. The zero-order chi connectivity index (χ0) is 10.1. The number of hydrogen-bond acceptors (Lipinski definition) is 3. The van der Waals surface area contributed by atoms with Gasteiger partial charge in [0.2, 0.25) is 0 Å². The number of rotatable bonds is 2. The molecule has 72 valence electrons. The Bertz CT molecular complexity index is 490. The molecule has 0 bridgehead atoms. The SMILES string of the molecule is CSc1csc2c(C=O)ccc(I)c12. The molecule has 0 radical (unpaired) electrons. The first-order valence-corrected chi connectivity index (χ1v) is 7.15. The second-order valence-corrected chi connectivity index (χ2v) is 5.65. The zero-order valence-corrected chi connectivity index (χ0v) is 11.2. The molecule has 0 fully saturated rings. The van der Waals surface area contributed by atoms with E-state index < -0.39 is 0 Å². The van der Waals surface area contributed by atoms with Gasteiger partial charge < -0.3 is 0 Å². The maximum absolute atomic E-state index is 10.8. The van der Waals surface area contributed by atoms with Crippen molar-refractivity contribution in [3.05, 3.63) is 26.6 Å². The van der Waals surface area contributed by atoms with Gasteiger partial charge in [0.15, 0.2) is 6.29 Å². The van der Waals surface area contributed by atoms with Gasteiger partial charge in [0.1, 0.15) is 0 Å². The van der Waals surface area contributed by atoms with E-state index in [4.69, 9.17) is 0 Å². The molecular weight excluding hydrogens is 327 g/mol. The molecule has 4 heteroatoms. The lowest BCUT2D eigenvalue weighted by Crippen LogP contribution is -1.82. The minimum absolute atomic E-state index is 0.797. The maximum Gasteiger partial charge on any atom is 0.151 e. The third-order valence-electron chi connectivity index (χ3n) is 2.01. The minimum Gasteiger partial charge on any atom is -0.298 e. The molecule has 0 aliphatic heterocycles. The number of carbonyl (C=O) groups is 1. The topological polar surface area (TPSA) is 17.1 Å². The van der Waals surface area contributed by atoms with Crippen molar-refractivity contribution < 1.29 is 4.79 Å². The fraction of sp³-hybridized carbons (Fsp3) is 0.100. The van der Waals surface area contributed by atoms with Crippen LogP contribution in [0, 0.1) is 3.57 Å². The third kappa shape index (κ3) is 1.59. The summed E-state index contributed by atoms with van der Waals surface area (Å²) in [6.45, 7) is 0. The lowest BCUT2D eigenvalue weighted by molar-refractivity contribution is 0.112. The molecule has 0 unspecified atom stereocenters. The quantitative estimate of drug-likeness (QED) is 0.468. The summed E-state index contributed by atoms with van der Waals surface area (Å²) in [4.78, 5) is 12.1. The number of thiophene rings is 1. The Morgan fingerprint density at radius 3 is 2.93 bits per heavy atom. The first-order chi connectivity index (χ1) is 6.77. The first kappa shape index (κ1) is 10.4. The van der Waals surface area contributed by atoms with Crippen LogP contribution in [0.15, 0.2) is 22.4 Å². The number of benzene rings is 1. The Labute approximate surface area is 104 Å². The van der Waals surface area contributed by atoms with E-state index in [0.29, 0.717) is 0 Å². The van der Waals surface area contributed by atoms with Crippen LogP contribution >= 0.6 is 45.7 Å². The van der Waals surface area contributed by atoms with Gasteiger partial charge in [0, 0.05) is 29.5 Å². The highest BCUT2D eigenvalue weighted by Gasteiger charge is 2.09. The summed E-state index contributed by atoms with van der Waals surface area (Å²) >= 11 is 5.69. The summed E-state index contributed by atoms with van der Waals surface area (Å²) in [5, 5.41) is 3.34. The van der Waals surface area contributed by atoms with Crippen LogP contribution < -0.4 is 0 Å². The van der Waals surface area contributed by atoms with E-state index in [-0.39, 0.29) is 0 Å². The maximum atomic E-state index is 10.8. The Kier molecular flexibility index (Phi) is 3.14. The number of fused-ring (bicyclic) bond motifs is 1. The van der Waals surface area contributed by atoms with Gasteiger partial charge in [0.25, 0.3) is 0 Å². The van der Waals surface area contributed by atoms with Crippen LogP contribution in [0.25, 0.3) is 10.1 Å². The molecule has 0 aliphatic carbocycles. The molecule has 1 aromatic carbocycles. The molecule has 0 saturated heterocycles. The molecule has 0 saturated carbocycles. The van der Waals surface area contributed by atoms with Crippen LogP contribution in [-0.2, 0) is 0 Å². The monoisotopic (exact) mass is 334 g/mol. The van der Waals surface area contributed by atoms with Crippen molar-refractivity contribution in [3.63, 3.8) is 0 Å². The molecule has 14 heavy (non-hydrogen) atoms. The molecule has 2 aromatic rings. The molecule has 0 aliphatic rings. The predicted octanol–water partition coefficient (Wildman–Crippen LogP) is 4.04. The molecule has 0 amide bonds. The van der Waals surface area contributed by atoms with Crippen molar-refractivity contribution >= 4 is 62.1 Å². The van der Waals surface area contributed by atoms with Crippen LogP contribution in [0.3, 0.4) is 0 Å². The van der Waals surface area contributed by atoms with E-state index in [9.17, 15) is 4.79 Å². The standard InChI is InChI=1S/C10H7IOS2/c1-13-8-5-14-10-6(4-12)2-3-7(11)9(8)10/h2-5H,1H3. The summed E-state index contributed by atoms with van der Waals surface area (Å²) < 4.78 is 2.32.